The van der Waals surface area contributed by atoms with Crippen LogP contribution in [0.15, 0.2) is 36.5 Å². The second-order valence-electron chi connectivity index (χ2n) is 7.55. The number of likely N-dealkylation sites (tertiary alicyclic amines) is 1. The summed E-state index contributed by atoms with van der Waals surface area (Å²) in [5.74, 6) is 1.63. The van der Waals surface area contributed by atoms with Crippen molar-refractivity contribution >= 4 is 5.91 Å². The summed E-state index contributed by atoms with van der Waals surface area (Å²) >= 11 is 0. The number of fused-ring (bicyclic) bond motifs is 1. The standard InChI is InChI=1S/C21H28N4O/c1-2-20-19(14-23-25(20)15-16-6-4-3-5-7-16)21(26)24-10-8-17-12-22-13-18(17)9-11-24/h3-7,14,17-18,22H,2,8-13,15H2,1H3/t17-,18+. The van der Waals surface area contributed by atoms with E-state index < -0.39 is 0 Å². The van der Waals surface area contributed by atoms with Gasteiger partial charge in [0.1, 0.15) is 0 Å². The van der Waals surface area contributed by atoms with Crippen LogP contribution in [0, 0.1) is 11.8 Å². The van der Waals surface area contributed by atoms with Crippen molar-refractivity contribution in [2.24, 2.45) is 11.8 Å². The third-order valence-corrected chi connectivity index (χ3v) is 6.00. The third kappa shape index (κ3) is 3.40. The lowest BCUT2D eigenvalue weighted by Gasteiger charge is -2.21. The van der Waals surface area contributed by atoms with Crippen molar-refractivity contribution in [3.8, 4) is 0 Å². The van der Waals surface area contributed by atoms with Gasteiger partial charge in [0.25, 0.3) is 5.91 Å². The monoisotopic (exact) mass is 352 g/mol. The number of carbonyl (C=O) groups excluding carboxylic acids is 1. The highest BCUT2D eigenvalue weighted by molar-refractivity contribution is 5.95. The molecule has 0 bridgehead atoms. The molecule has 2 saturated heterocycles. The van der Waals surface area contributed by atoms with Gasteiger partial charge in [0.15, 0.2) is 0 Å². The largest absolute Gasteiger partial charge is 0.339 e. The van der Waals surface area contributed by atoms with Crippen LogP contribution in [0.1, 0.15) is 41.4 Å². The van der Waals surface area contributed by atoms with Crippen molar-refractivity contribution in [1.29, 1.82) is 0 Å². The van der Waals surface area contributed by atoms with E-state index in [9.17, 15) is 4.79 Å². The molecule has 2 aliphatic heterocycles. The summed E-state index contributed by atoms with van der Waals surface area (Å²) in [6, 6.07) is 10.3. The molecule has 0 radical (unpaired) electrons. The highest BCUT2D eigenvalue weighted by Crippen LogP contribution is 2.28. The zero-order chi connectivity index (χ0) is 17.9. The molecule has 1 amide bonds. The molecule has 2 aromatic rings. The van der Waals surface area contributed by atoms with E-state index in [1.165, 1.54) is 5.56 Å². The predicted octanol–water partition coefficient (Wildman–Crippen LogP) is 2.57. The third-order valence-electron chi connectivity index (χ3n) is 6.00. The van der Waals surface area contributed by atoms with Crippen LogP contribution in [0.5, 0.6) is 0 Å². The van der Waals surface area contributed by atoms with Crippen LogP contribution in [0.4, 0.5) is 0 Å². The maximum atomic E-state index is 13.2. The van der Waals surface area contributed by atoms with Crippen LogP contribution < -0.4 is 5.32 Å². The molecular weight excluding hydrogens is 324 g/mol. The van der Waals surface area contributed by atoms with Gasteiger partial charge < -0.3 is 10.2 Å². The Morgan fingerprint density at radius 1 is 1.15 bits per heavy atom. The molecule has 3 heterocycles. The fourth-order valence-electron chi connectivity index (χ4n) is 4.45. The van der Waals surface area contributed by atoms with E-state index in [1.54, 1.807) is 6.20 Å². The number of rotatable bonds is 4. The number of hydrogen-bond donors (Lipinski definition) is 1. The number of carbonyl (C=O) groups is 1. The predicted molar refractivity (Wildman–Crippen MR) is 102 cm³/mol. The average Bonchev–Trinajstić information content (AvgIpc) is 3.24. The van der Waals surface area contributed by atoms with Gasteiger partial charge >= 0.3 is 0 Å². The molecule has 2 atom stereocenters. The highest BCUT2D eigenvalue weighted by atomic mass is 16.2. The number of amides is 1. The number of benzene rings is 1. The number of nitrogens with zero attached hydrogens (tertiary/aromatic N) is 3. The van der Waals surface area contributed by atoms with E-state index >= 15 is 0 Å². The fraction of sp³-hybridized carbons (Fsp3) is 0.524. The molecule has 1 N–H and O–H groups in total. The Hall–Kier alpha value is -2.14. The normalized spacial score (nSPS) is 22.9. The molecule has 5 heteroatoms. The first-order valence-corrected chi connectivity index (χ1v) is 9.85. The maximum absolute atomic E-state index is 13.2. The Balaban J connectivity index is 1.51. The molecule has 4 rings (SSSR count). The first-order chi connectivity index (χ1) is 12.8. The molecule has 1 aromatic carbocycles. The minimum absolute atomic E-state index is 0.161. The van der Waals surface area contributed by atoms with Crippen molar-refractivity contribution in [2.75, 3.05) is 26.2 Å². The summed E-state index contributed by atoms with van der Waals surface area (Å²) in [7, 11) is 0. The van der Waals surface area contributed by atoms with Gasteiger partial charge in [-0.15, -0.1) is 0 Å². The zero-order valence-electron chi connectivity index (χ0n) is 15.5. The quantitative estimate of drug-likeness (QED) is 0.920. The van der Waals surface area contributed by atoms with Crippen molar-refractivity contribution < 1.29 is 4.79 Å². The van der Waals surface area contributed by atoms with E-state index in [4.69, 9.17) is 0 Å². The Kier molecular flexibility index (Phi) is 5.07. The summed E-state index contributed by atoms with van der Waals surface area (Å²) in [4.78, 5) is 15.2. The SMILES string of the molecule is CCc1c(C(=O)N2CC[C@@H]3CNC[C@@H]3CC2)cnn1Cc1ccccc1. The highest BCUT2D eigenvalue weighted by Gasteiger charge is 2.32. The molecule has 0 spiro atoms. The van der Waals surface area contributed by atoms with Gasteiger partial charge in [-0.05, 0) is 49.8 Å². The van der Waals surface area contributed by atoms with Crippen molar-refractivity contribution in [3.05, 3.63) is 53.3 Å². The van der Waals surface area contributed by atoms with Gasteiger partial charge in [-0.25, -0.2) is 0 Å². The van der Waals surface area contributed by atoms with E-state index in [0.717, 1.165) is 68.5 Å². The fourth-order valence-corrected chi connectivity index (χ4v) is 4.45. The van der Waals surface area contributed by atoms with Crippen LogP contribution in [-0.4, -0.2) is 46.8 Å². The minimum atomic E-state index is 0.161. The Bertz CT molecular complexity index is 741. The Labute approximate surface area is 155 Å². The first-order valence-electron chi connectivity index (χ1n) is 9.85. The number of aromatic nitrogens is 2. The minimum Gasteiger partial charge on any atom is -0.339 e. The molecule has 138 valence electrons. The Morgan fingerprint density at radius 2 is 1.85 bits per heavy atom. The van der Waals surface area contributed by atoms with Crippen molar-refractivity contribution in [1.82, 2.24) is 20.0 Å². The van der Waals surface area contributed by atoms with Crippen LogP contribution in [0.3, 0.4) is 0 Å². The lowest BCUT2D eigenvalue weighted by atomic mass is 9.92. The molecular formula is C21H28N4O. The zero-order valence-corrected chi connectivity index (χ0v) is 15.5. The van der Waals surface area contributed by atoms with Crippen molar-refractivity contribution in [2.45, 2.75) is 32.7 Å². The van der Waals surface area contributed by atoms with Gasteiger partial charge in [-0.3, -0.25) is 9.48 Å². The molecule has 0 aliphatic carbocycles. The van der Waals surface area contributed by atoms with Crippen LogP contribution in [0.2, 0.25) is 0 Å². The smallest absolute Gasteiger partial charge is 0.257 e. The van der Waals surface area contributed by atoms with Gasteiger partial charge in [0, 0.05) is 13.1 Å². The van der Waals surface area contributed by atoms with E-state index in [0.29, 0.717) is 6.54 Å². The van der Waals surface area contributed by atoms with Gasteiger partial charge in [-0.1, -0.05) is 37.3 Å². The second kappa shape index (κ2) is 7.62. The van der Waals surface area contributed by atoms with E-state index in [1.807, 2.05) is 22.9 Å². The van der Waals surface area contributed by atoms with Gasteiger partial charge in [0.05, 0.1) is 24.0 Å². The Morgan fingerprint density at radius 3 is 2.50 bits per heavy atom. The lowest BCUT2D eigenvalue weighted by Crippen LogP contribution is -2.33. The molecule has 26 heavy (non-hydrogen) atoms. The van der Waals surface area contributed by atoms with Gasteiger partial charge in [-0.2, -0.15) is 5.10 Å². The first kappa shape index (κ1) is 17.3. The molecule has 5 nitrogen and oxygen atoms in total. The maximum Gasteiger partial charge on any atom is 0.257 e. The summed E-state index contributed by atoms with van der Waals surface area (Å²) in [6.45, 7) is 6.79. The molecule has 1 aromatic heterocycles. The molecule has 2 aliphatic rings. The van der Waals surface area contributed by atoms with Crippen LogP contribution in [-0.2, 0) is 13.0 Å². The topological polar surface area (TPSA) is 50.2 Å². The van der Waals surface area contributed by atoms with Gasteiger partial charge in [0.2, 0.25) is 0 Å². The lowest BCUT2D eigenvalue weighted by molar-refractivity contribution is 0.0757. The van der Waals surface area contributed by atoms with Crippen LogP contribution in [0.25, 0.3) is 0 Å². The van der Waals surface area contributed by atoms with Crippen molar-refractivity contribution in [3.63, 3.8) is 0 Å². The molecule has 0 unspecified atom stereocenters. The molecule has 0 saturated carbocycles. The average molecular weight is 352 g/mol. The molecule has 2 fully saturated rings. The number of nitrogens with one attached hydrogen (secondary N) is 1. The summed E-state index contributed by atoms with van der Waals surface area (Å²) in [5, 5.41) is 8.03. The summed E-state index contributed by atoms with van der Waals surface area (Å²) in [6.07, 6.45) is 4.82. The van der Waals surface area contributed by atoms with E-state index in [-0.39, 0.29) is 5.91 Å². The summed E-state index contributed by atoms with van der Waals surface area (Å²) < 4.78 is 1.99. The van der Waals surface area contributed by atoms with Crippen LogP contribution >= 0.6 is 0 Å². The van der Waals surface area contributed by atoms with E-state index in [2.05, 4.69) is 34.4 Å². The second-order valence-corrected chi connectivity index (χ2v) is 7.55. The number of hydrogen-bond acceptors (Lipinski definition) is 3. The summed E-state index contributed by atoms with van der Waals surface area (Å²) in [5.41, 5.74) is 3.04.